The van der Waals surface area contributed by atoms with Crippen LogP contribution in [0.15, 0.2) is 48.5 Å². The zero-order chi connectivity index (χ0) is 14.5. The SMILES string of the molecule is CN(Cc1cccc(O)c1)C(=O)Cc1ccccc1N. The molecule has 0 aliphatic heterocycles. The molecule has 20 heavy (non-hydrogen) atoms. The molecule has 104 valence electrons. The Morgan fingerprint density at radius 1 is 1.20 bits per heavy atom. The van der Waals surface area contributed by atoms with E-state index in [1.54, 1.807) is 36.2 Å². The summed E-state index contributed by atoms with van der Waals surface area (Å²) in [5.41, 5.74) is 8.19. The summed E-state index contributed by atoms with van der Waals surface area (Å²) in [6.07, 6.45) is 0.280. The van der Waals surface area contributed by atoms with E-state index in [1.807, 2.05) is 24.3 Å². The Morgan fingerprint density at radius 2 is 1.95 bits per heavy atom. The van der Waals surface area contributed by atoms with Gasteiger partial charge in [-0.15, -0.1) is 0 Å². The number of carbonyl (C=O) groups excluding carboxylic acids is 1. The molecule has 0 saturated carbocycles. The zero-order valence-electron chi connectivity index (χ0n) is 11.4. The Kier molecular flexibility index (Phi) is 4.25. The number of benzene rings is 2. The topological polar surface area (TPSA) is 66.6 Å². The Hall–Kier alpha value is -2.49. The third kappa shape index (κ3) is 3.51. The first kappa shape index (κ1) is 13.9. The summed E-state index contributed by atoms with van der Waals surface area (Å²) in [6.45, 7) is 0.458. The Labute approximate surface area is 118 Å². The normalized spacial score (nSPS) is 10.2. The molecule has 0 fully saturated rings. The van der Waals surface area contributed by atoms with Crippen molar-refractivity contribution in [2.24, 2.45) is 0 Å². The third-order valence-electron chi connectivity index (χ3n) is 3.15. The molecule has 0 aliphatic rings. The number of para-hydroxylation sites is 1. The number of phenolic OH excluding ortho intramolecular Hbond substituents is 1. The summed E-state index contributed by atoms with van der Waals surface area (Å²) in [5.74, 6) is 0.196. The van der Waals surface area contributed by atoms with Crippen molar-refractivity contribution in [3.8, 4) is 5.75 Å². The molecule has 0 unspecified atom stereocenters. The monoisotopic (exact) mass is 270 g/mol. The van der Waals surface area contributed by atoms with Crippen LogP contribution >= 0.6 is 0 Å². The van der Waals surface area contributed by atoms with Crippen molar-refractivity contribution in [2.75, 3.05) is 12.8 Å². The van der Waals surface area contributed by atoms with Crippen molar-refractivity contribution in [1.82, 2.24) is 4.90 Å². The number of nitrogens with zero attached hydrogens (tertiary/aromatic N) is 1. The maximum absolute atomic E-state index is 12.2. The molecule has 0 aliphatic carbocycles. The van der Waals surface area contributed by atoms with Crippen LogP contribution in [0.1, 0.15) is 11.1 Å². The second-order valence-corrected chi connectivity index (χ2v) is 4.80. The molecule has 4 heteroatoms. The van der Waals surface area contributed by atoms with E-state index in [0.29, 0.717) is 12.2 Å². The zero-order valence-corrected chi connectivity index (χ0v) is 11.4. The summed E-state index contributed by atoms with van der Waals surface area (Å²) in [6, 6.07) is 14.3. The van der Waals surface area contributed by atoms with E-state index in [2.05, 4.69) is 0 Å². The molecule has 2 aromatic rings. The van der Waals surface area contributed by atoms with Gasteiger partial charge < -0.3 is 15.7 Å². The number of phenols is 1. The highest BCUT2D eigenvalue weighted by molar-refractivity contribution is 5.80. The Morgan fingerprint density at radius 3 is 2.65 bits per heavy atom. The van der Waals surface area contributed by atoms with Gasteiger partial charge in [-0.2, -0.15) is 0 Å². The third-order valence-corrected chi connectivity index (χ3v) is 3.15. The fourth-order valence-electron chi connectivity index (χ4n) is 2.01. The lowest BCUT2D eigenvalue weighted by molar-refractivity contribution is -0.129. The number of hydrogen-bond donors (Lipinski definition) is 2. The minimum absolute atomic E-state index is 0.00811. The van der Waals surface area contributed by atoms with Gasteiger partial charge >= 0.3 is 0 Å². The summed E-state index contributed by atoms with van der Waals surface area (Å²) >= 11 is 0. The number of nitrogens with two attached hydrogens (primary N) is 1. The standard InChI is InChI=1S/C16H18N2O2/c1-18(11-12-5-4-7-14(19)9-12)16(20)10-13-6-2-3-8-15(13)17/h2-9,19H,10-11,17H2,1H3. The number of anilines is 1. The largest absolute Gasteiger partial charge is 0.508 e. The minimum Gasteiger partial charge on any atom is -0.508 e. The van der Waals surface area contributed by atoms with Crippen molar-refractivity contribution in [3.05, 3.63) is 59.7 Å². The van der Waals surface area contributed by atoms with Crippen LogP contribution in [0.4, 0.5) is 5.69 Å². The van der Waals surface area contributed by atoms with Crippen LogP contribution in [0, 0.1) is 0 Å². The van der Waals surface area contributed by atoms with Gasteiger partial charge in [0.1, 0.15) is 5.75 Å². The lowest BCUT2D eigenvalue weighted by Crippen LogP contribution is -2.27. The molecule has 3 N–H and O–H groups in total. The van der Waals surface area contributed by atoms with Crippen LogP contribution in [-0.2, 0) is 17.8 Å². The maximum Gasteiger partial charge on any atom is 0.227 e. The van der Waals surface area contributed by atoms with Crippen molar-refractivity contribution in [1.29, 1.82) is 0 Å². The van der Waals surface area contributed by atoms with Gasteiger partial charge in [-0.25, -0.2) is 0 Å². The minimum atomic E-state index is -0.00811. The molecular weight excluding hydrogens is 252 g/mol. The van der Waals surface area contributed by atoms with Crippen LogP contribution in [0.5, 0.6) is 5.75 Å². The molecular formula is C16H18N2O2. The lowest BCUT2D eigenvalue weighted by Gasteiger charge is -2.18. The Balaban J connectivity index is 2.01. The van der Waals surface area contributed by atoms with Crippen LogP contribution in [0.25, 0.3) is 0 Å². The van der Waals surface area contributed by atoms with Crippen molar-refractivity contribution < 1.29 is 9.90 Å². The predicted octanol–water partition coefficient (Wildman–Crippen LogP) is 2.18. The first-order chi connectivity index (χ1) is 9.56. The smallest absolute Gasteiger partial charge is 0.227 e. The highest BCUT2D eigenvalue weighted by Gasteiger charge is 2.11. The number of likely N-dealkylation sites (N-methyl/N-ethyl adjacent to an activating group) is 1. The van der Waals surface area contributed by atoms with Gasteiger partial charge in [0.2, 0.25) is 5.91 Å². The van der Waals surface area contributed by atoms with E-state index in [0.717, 1.165) is 11.1 Å². The second kappa shape index (κ2) is 6.10. The molecule has 0 atom stereocenters. The maximum atomic E-state index is 12.2. The molecule has 0 bridgehead atoms. The van der Waals surface area contributed by atoms with E-state index < -0.39 is 0 Å². The second-order valence-electron chi connectivity index (χ2n) is 4.80. The first-order valence-electron chi connectivity index (χ1n) is 6.41. The molecule has 0 radical (unpaired) electrons. The average Bonchev–Trinajstić information content (AvgIpc) is 2.41. The van der Waals surface area contributed by atoms with Crippen LogP contribution in [0.2, 0.25) is 0 Å². The molecule has 2 rings (SSSR count). The average molecular weight is 270 g/mol. The first-order valence-corrected chi connectivity index (χ1v) is 6.41. The van der Waals surface area contributed by atoms with E-state index in [9.17, 15) is 9.90 Å². The highest BCUT2D eigenvalue weighted by Crippen LogP contribution is 2.15. The number of carbonyl (C=O) groups is 1. The summed E-state index contributed by atoms with van der Waals surface area (Å²) in [7, 11) is 1.74. The Bertz CT molecular complexity index is 611. The van der Waals surface area contributed by atoms with Gasteiger partial charge in [0.15, 0.2) is 0 Å². The van der Waals surface area contributed by atoms with Gasteiger partial charge in [-0.05, 0) is 29.3 Å². The highest BCUT2D eigenvalue weighted by atomic mass is 16.3. The molecule has 0 saturated heterocycles. The van der Waals surface area contributed by atoms with E-state index in [-0.39, 0.29) is 18.1 Å². The lowest BCUT2D eigenvalue weighted by atomic mass is 10.1. The number of nitrogen functional groups attached to an aromatic ring is 1. The van der Waals surface area contributed by atoms with Crippen molar-refractivity contribution in [3.63, 3.8) is 0 Å². The van der Waals surface area contributed by atoms with Gasteiger partial charge in [0, 0.05) is 19.3 Å². The van der Waals surface area contributed by atoms with E-state index >= 15 is 0 Å². The van der Waals surface area contributed by atoms with Crippen LogP contribution in [0.3, 0.4) is 0 Å². The molecule has 0 aromatic heterocycles. The van der Waals surface area contributed by atoms with Gasteiger partial charge in [0.05, 0.1) is 6.42 Å². The molecule has 4 nitrogen and oxygen atoms in total. The number of amides is 1. The summed E-state index contributed by atoms with van der Waals surface area (Å²) < 4.78 is 0. The molecule has 0 spiro atoms. The van der Waals surface area contributed by atoms with E-state index in [4.69, 9.17) is 5.73 Å². The molecule has 1 amide bonds. The fraction of sp³-hybridized carbons (Fsp3) is 0.188. The van der Waals surface area contributed by atoms with Crippen molar-refractivity contribution >= 4 is 11.6 Å². The number of aromatic hydroxyl groups is 1. The van der Waals surface area contributed by atoms with Crippen LogP contribution < -0.4 is 5.73 Å². The molecule has 2 aromatic carbocycles. The van der Waals surface area contributed by atoms with Gasteiger partial charge in [0.25, 0.3) is 0 Å². The molecule has 0 heterocycles. The fourth-order valence-corrected chi connectivity index (χ4v) is 2.01. The quantitative estimate of drug-likeness (QED) is 0.837. The van der Waals surface area contributed by atoms with Crippen LogP contribution in [-0.4, -0.2) is 23.0 Å². The summed E-state index contributed by atoms with van der Waals surface area (Å²) in [4.78, 5) is 13.8. The predicted molar refractivity (Wildman–Crippen MR) is 79.1 cm³/mol. The summed E-state index contributed by atoms with van der Waals surface area (Å²) in [5, 5.41) is 9.42. The van der Waals surface area contributed by atoms with Gasteiger partial charge in [-0.3, -0.25) is 4.79 Å². The number of rotatable bonds is 4. The van der Waals surface area contributed by atoms with Gasteiger partial charge in [-0.1, -0.05) is 30.3 Å². The van der Waals surface area contributed by atoms with E-state index in [1.165, 1.54) is 0 Å². The number of hydrogen-bond acceptors (Lipinski definition) is 3. The van der Waals surface area contributed by atoms with Crippen molar-refractivity contribution in [2.45, 2.75) is 13.0 Å².